The Morgan fingerprint density at radius 2 is 1.76 bits per heavy atom. The molecule has 1 saturated heterocycles. The van der Waals surface area contributed by atoms with Gasteiger partial charge in [-0.05, 0) is 66.2 Å². The second-order valence-corrected chi connectivity index (χ2v) is 11.0. The zero-order chi connectivity index (χ0) is 28.7. The van der Waals surface area contributed by atoms with Crippen molar-refractivity contribution in [2.75, 3.05) is 20.2 Å². The smallest absolute Gasteiger partial charge is 0.270 e. The normalized spacial score (nSPS) is 14.0. The van der Waals surface area contributed by atoms with Crippen molar-refractivity contribution >= 4 is 38.6 Å². The molecule has 0 saturated carbocycles. The molecule has 0 spiro atoms. The number of hydrogen-bond donors (Lipinski definition) is 2. The summed E-state index contributed by atoms with van der Waals surface area (Å²) < 4.78 is 7.76. The Morgan fingerprint density at radius 1 is 1.02 bits per heavy atom. The number of nitrogens with one attached hydrogen (secondary N) is 1. The van der Waals surface area contributed by atoms with Gasteiger partial charge < -0.3 is 20.1 Å². The first kappa shape index (κ1) is 26.5. The summed E-state index contributed by atoms with van der Waals surface area (Å²) in [6, 6.07) is 23.6. The lowest BCUT2D eigenvalue weighted by Crippen LogP contribution is -2.69. The molecule has 3 heterocycles. The van der Waals surface area contributed by atoms with Crippen molar-refractivity contribution in [2.45, 2.75) is 5.54 Å². The predicted octanol–water partition coefficient (Wildman–Crippen LogP) is 4.89. The van der Waals surface area contributed by atoms with Crippen LogP contribution in [0.3, 0.4) is 0 Å². The van der Waals surface area contributed by atoms with Crippen molar-refractivity contribution in [3.05, 3.63) is 106 Å². The van der Waals surface area contributed by atoms with Crippen LogP contribution in [0.1, 0.15) is 26.4 Å². The van der Waals surface area contributed by atoms with Crippen LogP contribution in [0.25, 0.3) is 22.2 Å². The third-order valence-corrected chi connectivity index (χ3v) is 7.95. The zero-order valence-corrected chi connectivity index (χ0v) is 23.9. The summed E-state index contributed by atoms with van der Waals surface area (Å²) in [7, 11) is 3.36. The van der Waals surface area contributed by atoms with Crippen molar-refractivity contribution in [2.24, 2.45) is 7.05 Å². The van der Waals surface area contributed by atoms with E-state index in [2.05, 4.69) is 31.3 Å². The van der Waals surface area contributed by atoms with E-state index >= 15 is 0 Å². The molecular formula is C31H26BrN5O4. The van der Waals surface area contributed by atoms with E-state index in [1.165, 1.54) is 6.07 Å². The van der Waals surface area contributed by atoms with E-state index in [4.69, 9.17) is 4.74 Å². The number of aryl methyl sites for hydroxylation is 1. The van der Waals surface area contributed by atoms with Gasteiger partial charge in [-0.3, -0.25) is 14.3 Å². The summed E-state index contributed by atoms with van der Waals surface area (Å²) in [5, 5.41) is 18.4. The minimum Gasteiger partial charge on any atom is -0.507 e. The number of carbonyl (C=O) groups excluding carboxylic acids is 2. The second kappa shape index (κ2) is 10.4. The number of ether oxygens (including phenoxy) is 1. The van der Waals surface area contributed by atoms with Gasteiger partial charge >= 0.3 is 0 Å². The van der Waals surface area contributed by atoms with Gasteiger partial charge in [0.15, 0.2) is 0 Å². The Bertz CT molecular complexity index is 1780. The molecule has 0 radical (unpaired) electrons. The van der Waals surface area contributed by atoms with E-state index in [0.717, 1.165) is 21.3 Å². The van der Waals surface area contributed by atoms with Crippen LogP contribution < -0.4 is 10.1 Å². The molecule has 6 rings (SSSR count). The van der Waals surface area contributed by atoms with E-state index in [1.54, 1.807) is 48.1 Å². The van der Waals surface area contributed by atoms with Crippen LogP contribution in [0.15, 0.2) is 89.5 Å². The quantitative estimate of drug-likeness (QED) is 0.283. The number of nitrogens with zero attached hydrogens (tertiary/aromatic N) is 4. The Morgan fingerprint density at radius 3 is 2.46 bits per heavy atom. The van der Waals surface area contributed by atoms with Crippen LogP contribution in [-0.4, -0.2) is 56.8 Å². The molecule has 2 aromatic heterocycles. The van der Waals surface area contributed by atoms with Gasteiger partial charge in [-0.15, -0.1) is 0 Å². The highest BCUT2D eigenvalue weighted by atomic mass is 79.9. The van der Waals surface area contributed by atoms with Crippen LogP contribution in [0.4, 0.5) is 0 Å². The highest BCUT2D eigenvalue weighted by Gasteiger charge is 2.48. The number of likely N-dealkylation sites (tertiary alicyclic amines) is 1. The van der Waals surface area contributed by atoms with Crippen molar-refractivity contribution < 1.29 is 19.4 Å². The summed E-state index contributed by atoms with van der Waals surface area (Å²) in [5.41, 5.74) is 2.85. The zero-order valence-electron chi connectivity index (χ0n) is 22.3. The number of aromatic hydroxyl groups is 1. The molecule has 41 heavy (non-hydrogen) atoms. The molecule has 0 unspecified atom stereocenters. The molecule has 2 N–H and O–H groups in total. The topological polar surface area (TPSA) is 110 Å². The SMILES string of the molecule is COc1ccc(-c2cccc(C(=O)NC3(c4ccc(Br)cc4)CN(C(=O)c4cc(O)c5cnn(C)c5c4)C3)n2)cc1. The third kappa shape index (κ3) is 4.91. The fourth-order valence-electron chi connectivity index (χ4n) is 5.15. The number of pyridine rings is 1. The van der Waals surface area contributed by atoms with Crippen molar-refractivity contribution in [3.63, 3.8) is 0 Å². The lowest BCUT2D eigenvalue weighted by molar-refractivity contribution is 0.0260. The van der Waals surface area contributed by atoms with Crippen LogP contribution in [-0.2, 0) is 12.6 Å². The first-order valence-electron chi connectivity index (χ1n) is 12.9. The van der Waals surface area contributed by atoms with Gasteiger partial charge in [0.2, 0.25) is 0 Å². The molecule has 0 atom stereocenters. The molecule has 0 aliphatic carbocycles. The summed E-state index contributed by atoms with van der Waals surface area (Å²) in [6.45, 7) is 0.503. The Kier molecular flexibility index (Phi) is 6.70. The molecule has 1 aliphatic rings. The van der Waals surface area contributed by atoms with Gasteiger partial charge in [0.1, 0.15) is 22.7 Å². The number of hydrogen-bond acceptors (Lipinski definition) is 6. The van der Waals surface area contributed by atoms with Crippen LogP contribution in [0.2, 0.25) is 0 Å². The second-order valence-electron chi connectivity index (χ2n) is 10.0. The fourth-order valence-corrected chi connectivity index (χ4v) is 5.42. The average molecular weight is 612 g/mol. The number of phenolic OH excluding ortho intramolecular Hbond substituents is 1. The number of aromatic nitrogens is 3. The number of halogens is 1. The van der Waals surface area contributed by atoms with Gasteiger partial charge in [0.05, 0.1) is 43.0 Å². The molecule has 5 aromatic rings. The van der Waals surface area contributed by atoms with Gasteiger partial charge in [0.25, 0.3) is 11.8 Å². The molecule has 1 fully saturated rings. The maximum absolute atomic E-state index is 13.6. The number of benzene rings is 3. The fraction of sp³-hybridized carbons (Fsp3) is 0.161. The first-order chi connectivity index (χ1) is 19.8. The lowest BCUT2D eigenvalue weighted by atomic mass is 9.81. The summed E-state index contributed by atoms with van der Waals surface area (Å²) >= 11 is 3.47. The molecule has 206 valence electrons. The molecule has 9 nitrogen and oxygen atoms in total. The number of methoxy groups -OCH3 is 1. The van der Waals surface area contributed by atoms with E-state index in [-0.39, 0.29) is 36.3 Å². The van der Waals surface area contributed by atoms with Crippen molar-refractivity contribution in [1.82, 2.24) is 25.0 Å². The standard InChI is InChI=1S/C31H26BrN5O4/c1-36-27-14-20(15-28(38)24(27)16-33-36)30(40)37-17-31(18-37,21-8-10-22(32)11-9-21)35-29(39)26-5-3-4-25(34-26)19-6-12-23(41-2)13-7-19/h3-16,38H,17-18H2,1-2H3,(H,35,39). The number of phenols is 1. The van der Waals surface area contributed by atoms with Crippen molar-refractivity contribution in [3.8, 4) is 22.8 Å². The van der Waals surface area contributed by atoms with Gasteiger partial charge in [-0.25, -0.2) is 4.98 Å². The van der Waals surface area contributed by atoms with E-state index in [1.807, 2.05) is 54.6 Å². The minimum absolute atomic E-state index is 0.00485. The summed E-state index contributed by atoms with van der Waals surface area (Å²) in [4.78, 5) is 33.3. The van der Waals surface area contributed by atoms with Crippen LogP contribution in [0, 0.1) is 0 Å². The number of fused-ring (bicyclic) bond motifs is 1. The maximum atomic E-state index is 13.6. The monoisotopic (exact) mass is 611 g/mol. The molecule has 3 aromatic carbocycles. The summed E-state index contributed by atoms with van der Waals surface area (Å²) in [6.07, 6.45) is 1.56. The minimum atomic E-state index is -0.816. The molecule has 2 amide bonds. The molecule has 0 bridgehead atoms. The first-order valence-corrected chi connectivity index (χ1v) is 13.7. The van der Waals surface area contributed by atoms with Crippen LogP contribution >= 0.6 is 15.9 Å². The lowest BCUT2D eigenvalue weighted by Gasteiger charge is -2.50. The van der Waals surface area contributed by atoms with E-state index in [0.29, 0.717) is 22.2 Å². The Hall–Kier alpha value is -4.70. The predicted molar refractivity (Wildman–Crippen MR) is 158 cm³/mol. The summed E-state index contributed by atoms with van der Waals surface area (Å²) in [5.74, 6) is 0.141. The van der Waals surface area contributed by atoms with Crippen LogP contribution in [0.5, 0.6) is 11.5 Å². The Balaban J connectivity index is 1.26. The number of amides is 2. The highest BCUT2D eigenvalue weighted by Crippen LogP contribution is 2.35. The van der Waals surface area contributed by atoms with E-state index in [9.17, 15) is 14.7 Å². The Labute approximate surface area is 244 Å². The van der Waals surface area contributed by atoms with Gasteiger partial charge in [-0.2, -0.15) is 5.10 Å². The molecular weight excluding hydrogens is 586 g/mol. The highest BCUT2D eigenvalue weighted by molar-refractivity contribution is 9.10. The maximum Gasteiger partial charge on any atom is 0.270 e. The van der Waals surface area contributed by atoms with Crippen molar-refractivity contribution in [1.29, 1.82) is 0 Å². The average Bonchev–Trinajstić information content (AvgIpc) is 3.35. The molecule has 10 heteroatoms. The van der Waals surface area contributed by atoms with Gasteiger partial charge in [-0.1, -0.05) is 34.1 Å². The van der Waals surface area contributed by atoms with Gasteiger partial charge in [0, 0.05) is 22.6 Å². The molecule has 1 aliphatic heterocycles. The number of rotatable bonds is 6. The largest absolute Gasteiger partial charge is 0.507 e. The number of carbonyl (C=O) groups is 2. The van der Waals surface area contributed by atoms with E-state index < -0.39 is 5.54 Å². The third-order valence-electron chi connectivity index (χ3n) is 7.42.